The predicted octanol–water partition coefficient (Wildman–Crippen LogP) is 3.17. The highest BCUT2D eigenvalue weighted by Gasteiger charge is 2.22. The van der Waals surface area contributed by atoms with Crippen molar-refractivity contribution < 1.29 is 14.0 Å². The van der Waals surface area contributed by atoms with Crippen LogP contribution in [0.1, 0.15) is 35.5 Å². The monoisotopic (exact) mass is 383 g/mol. The summed E-state index contributed by atoms with van der Waals surface area (Å²) in [5.41, 5.74) is 2.98. The van der Waals surface area contributed by atoms with Crippen molar-refractivity contribution in [3.8, 4) is 0 Å². The van der Waals surface area contributed by atoms with Gasteiger partial charge in [0.2, 0.25) is 0 Å². The summed E-state index contributed by atoms with van der Waals surface area (Å²) < 4.78 is 5.60. The lowest BCUT2D eigenvalue weighted by atomic mass is 9.96. The van der Waals surface area contributed by atoms with E-state index in [4.69, 9.17) is 4.42 Å². The van der Waals surface area contributed by atoms with Gasteiger partial charge in [-0.15, -0.1) is 0 Å². The zero-order valence-electron chi connectivity index (χ0n) is 16.9. The summed E-state index contributed by atoms with van der Waals surface area (Å²) in [6.07, 6.45) is 2.02. The lowest BCUT2D eigenvalue weighted by Crippen LogP contribution is -2.41. The van der Waals surface area contributed by atoms with E-state index in [1.165, 1.54) is 5.56 Å². The summed E-state index contributed by atoms with van der Waals surface area (Å²) in [4.78, 5) is 26.5. The molecule has 3 rings (SSSR count). The molecule has 2 heterocycles. The Kier molecular flexibility index (Phi) is 6.52. The number of rotatable bonds is 5. The summed E-state index contributed by atoms with van der Waals surface area (Å²) in [7, 11) is 0. The molecule has 0 unspecified atom stereocenters. The van der Waals surface area contributed by atoms with Crippen LogP contribution in [0, 0.1) is 26.7 Å². The van der Waals surface area contributed by atoms with Crippen LogP contribution in [0.2, 0.25) is 0 Å². The maximum atomic E-state index is 12.1. The lowest BCUT2D eigenvalue weighted by Gasteiger charge is -2.31. The number of furan rings is 1. The summed E-state index contributed by atoms with van der Waals surface area (Å²) in [5.74, 6) is 1.15. The second-order valence-electron chi connectivity index (χ2n) is 7.69. The summed E-state index contributed by atoms with van der Waals surface area (Å²) in [5, 5.41) is 5.41. The molecule has 2 N–H and O–H groups in total. The van der Waals surface area contributed by atoms with E-state index in [1.807, 2.05) is 32.9 Å². The first-order chi connectivity index (χ1) is 13.4. The van der Waals surface area contributed by atoms with Crippen LogP contribution in [0.5, 0.6) is 0 Å². The average molecular weight is 383 g/mol. The number of aryl methyl sites for hydroxylation is 3. The van der Waals surface area contributed by atoms with Crippen LogP contribution in [-0.2, 0) is 16.1 Å². The Morgan fingerprint density at radius 3 is 2.36 bits per heavy atom. The molecule has 0 spiro atoms. The summed E-state index contributed by atoms with van der Waals surface area (Å²) >= 11 is 0. The first-order valence-corrected chi connectivity index (χ1v) is 9.85. The standard InChI is InChI=1S/C22H29N3O3/c1-15-4-6-20(7-5-15)24-22(27)21(26)23-13-18-8-10-25(11-9-18)14-19-12-16(2)28-17(19)3/h4-7,12,18H,8-11,13-14H2,1-3H3,(H,23,26)(H,24,27). The highest BCUT2D eigenvalue weighted by atomic mass is 16.3. The molecular formula is C22H29N3O3. The first kappa shape index (κ1) is 20.1. The highest BCUT2D eigenvalue weighted by molar-refractivity contribution is 6.39. The molecule has 0 bridgehead atoms. The number of amides is 2. The topological polar surface area (TPSA) is 74.6 Å². The molecule has 28 heavy (non-hydrogen) atoms. The number of carbonyl (C=O) groups is 2. The smallest absolute Gasteiger partial charge is 0.313 e. The largest absolute Gasteiger partial charge is 0.466 e. The number of piperidine rings is 1. The molecule has 1 aliphatic rings. The van der Waals surface area contributed by atoms with Crippen molar-refractivity contribution in [1.29, 1.82) is 0 Å². The maximum Gasteiger partial charge on any atom is 0.313 e. The molecule has 1 aromatic heterocycles. The van der Waals surface area contributed by atoms with Crippen molar-refractivity contribution >= 4 is 17.5 Å². The van der Waals surface area contributed by atoms with Crippen LogP contribution in [0.3, 0.4) is 0 Å². The first-order valence-electron chi connectivity index (χ1n) is 9.85. The Balaban J connectivity index is 1.38. The Morgan fingerprint density at radius 2 is 1.75 bits per heavy atom. The van der Waals surface area contributed by atoms with Crippen molar-refractivity contribution in [2.24, 2.45) is 5.92 Å². The third-order valence-corrected chi connectivity index (χ3v) is 5.31. The molecule has 0 saturated carbocycles. The van der Waals surface area contributed by atoms with Crippen LogP contribution in [0.15, 0.2) is 34.7 Å². The van der Waals surface area contributed by atoms with Crippen molar-refractivity contribution in [2.45, 2.75) is 40.2 Å². The van der Waals surface area contributed by atoms with E-state index in [0.717, 1.165) is 49.6 Å². The second kappa shape index (κ2) is 9.06. The van der Waals surface area contributed by atoms with E-state index in [0.29, 0.717) is 18.2 Å². The van der Waals surface area contributed by atoms with Crippen LogP contribution in [0.25, 0.3) is 0 Å². The third kappa shape index (κ3) is 5.45. The van der Waals surface area contributed by atoms with Crippen LogP contribution >= 0.6 is 0 Å². The highest BCUT2D eigenvalue weighted by Crippen LogP contribution is 2.21. The van der Waals surface area contributed by atoms with Crippen LogP contribution in [-0.4, -0.2) is 36.3 Å². The molecular weight excluding hydrogens is 354 g/mol. The van der Waals surface area contributed by atoms with E-state index < -0.39 is 11.8 Å². The molecule has 0 atom stereocenters. The number of anilines is 1. The number of nitrogens with zero attached hydrogens (tertiary/aromatic N) is 1. The number of carbonyl (C=O) groups excluding carboxylic acids is 2. The van der Waals surface area contributed by atoms with Gasteiger partial charge in [-0.1, -0.05) is 17.7 Å². The number of likely N-dealkylation sites (tertiary alicyclic amines) is 1. The Morgan fingerprint density at radius 1 is 1.07 bits per heavy atom. The van der Waals surface area contributed by atoms with E-state index in [2.05, 4.69) is 21.6 Å². The van der Waals surface area contributed by atoms with E-state index in [1.54, 1.807) is 12.1 Å². The normalized spacial score (nSPS) is 15.4. The minimum atomic E-state index is -0.618. The van der Waals surface area contributed by atoms with E-state index in [9.17, 15) is 9.59 Å². The van der Waals surface area contributed by atoms with Gasteiger partial charge in [0.05, 0.1) is 0 Å². The van der Waals surface area contributed by atoms with E-state index in [-0.39, 0.29) is 0 Å². The van der Waals surface area contributed by atoms with Gasteiger partial charge in [-0.2, -0.15) is 0 Å². The van der Waals surface area contributed by atoms with Crippen LogP contribution in [0.4, 0.5) is 5.69 Å². The van der Waals surface area contributed by atoms with Gasteiger partial charge in [-0.05, 0) is 70.8 Å². The molecule has 1 fully saturated rings. The minimum absolute atomic E-state index is 0.402. The lowest BCUT2D eigenvalue weighted by molar-refractivity contribution is -0.136. The fraction of sp³-hybridized carbons (Fsp3) is 0.455. The minimum Gasteiger partial charge on any atom is -0.466 e. The van der Waals surface area contributed by atoms with Gasteiger partial charge < -0.3 is 15.1 Å². The van der Waals surface area contributed by atoms with Gasteiger partial charge >= 0.3 is 11.8 Å². The molecule has 0 radical (unpaired) electrons. The Hall–Kier alpha value is -2.60. The van der Waals surface area contributed by atoms with Gasteiger partial charge in [-0.25, -0.2) is 0 Å². The van der Waals surface area contributed by atoms with Gasteiger partial charge in [-0.3, -0.25) is 14.5 Å². The molecule has 6 heteroatoms. The SMILES string of the molecule is Cc1ccc(NC(=O)C(=O)NCC2CCN(Cc3cc(C)oc3C)CC2)cc1. The summed E-state index contributed by atoms with van der Waals surface area (Å²) in [6, 6.07) is 9.48. The third-order valence-electron chi connectivity index (χ3n) is 5.31. The fourth-order valence-electron chi connectivity index (χ4n) is 3.57. The predicted molar refractivity (Wildman–Crippen MR) is 109 cm³/mol. The Labute approximate surface area is 166 Å². The van der Waals surface area contributed by atoms with Gasteiger partial charge in [0.25, 0.3) is 0 Å². The van der Waals surface area contributed by atoms with Gasteiger partial charge in [0.1, 0.15) is 11.5 Å². The zero-order chi connectivity index (χ0) is 20.1. The quantitative estimate of drug-likeness (QED) is 0.778. The number of hydrogen-bond acceptors (Lipinski definition) is 4. The fourth-order valence-corrected chi connectivity index (χ4v) is 3.57. The van der Waals surface area contributed by atoms with Crippen molar-refractivity contribution in [1.82, 2.24) is 10.2 Å². The molecule has 0 aliphatic carbocycles. The zero-order valence-corrected chi connectivity index (χ0v) is 16.9. The van der Waals surface area contributed by atoms with Crippen molar-refractivity contribution in [3.63, 3.8) is 0 Å². The molecule has 150 valence electrons. The molecule has 6 nitrogen and oxygen atoms in total. The summed E-state index contributed by atoms with van der Waals surface area (Å²) in [6.45, 7) is 9.37. The number of benzene rings is 1. The molecule has 2 aromatic rings. The molecule has 1 aromatic carbocycles. The number of nitrogens with one attached hydrogen (secondary N) is 2. The average Bonchev–Trinajstić information content (AvgIpc) is 2.99. The maximum absolute atomic E-state index is 12.1. The molecule has 1 aliphatic heterocycles. The van der Waals surface area contributed by atoms with Crippen LogP contribution < -0.4 is 10.6 Å². The molecule has 1 saturated heterocycles. The number of hydrogen-bond donors (Lipinski definition) is 2. The molecule has 2 amide bonds. The van der Waals surface area contributed by atoms with Crippen molar-refractivity contribution in [3.05, 3.63) is 53.0 Å². The van der Waals surface area contributed by atoms with Gasteiger partial charge in [0, 0.05) is 24.3 Å². The Bertz CT molecular complexity index is 818. The van der Waals surface area contributed by atoms with E-state index >= 15 is 0 Å². The van der Waals surface area contributed by atoms with Gasteiger partial charge in [0.15, 0.2) is 0 Å². The second-order valence-corrected chi connectivity index (χ2v) is 7.69. The van der Waals surface area contributed by atoms with Crippen molar-refractivity contribution in [2.75, 3.05) is 25.0 Å².